The molecule has 2 aromatic carbocycles. The summed E-state index contributed by atoms with van der Waals surface area (Å²) in [5.74, 6) is 0. The molecule has 1 N–H and O–H groups in total. The van der Waals surface area contributed by atoms with Crippen LogP contribution in [0.5, 0.6) is 0 Å². The molecule has 0 fully saturated rings. The molecule has 0 radical (unpaired) electrons. The van der Waals surface area contributed by atoms with Gasteiger partial charge in [0.25, 0.3) is 0 Å². The van der Waals surface area contributed by atoms with Gasteiger partial charge in [-0.3, -0.25) is 4.68 Å². The summed E-state index contributed by atoms with van der Waals surface area (Å²) in [7, 11) is -5.32. The van der Waals surface area contributed by atoms with Crippen molar-refractivity contribution in [2.24, 2.45) is 7.05 Å². The third-order valence-electron chi connectivity index (χ3n) is 4.20. The Bertz CT molecular complexity index is 1220. The predicted octanol–water partition coefficient (Wildman–Crippen LogP) is 2.51. The van der Waals surface area contributed by atoms with E-state index in [1.807, 2.05) is 43.6 Å². The number of nitrogens with one attached hydrogen (secondary N) is 1. The van der Waals surface area contributed by atoms with Crippen LogP contribution in [0.1, 0.15) is 5.56 Å². The van der Waals surface area contributed by atoms with Crippen LogP contribution < -0.4 is 5.32 Å². The van der Waals surface area contributed by atoms with Crippen molar-refractivity contribution in [3.8, 4) is 11.3 Å². The van der Waals surface area contributed by atoms with Crippen molar-refractivity contribution in [1.29, 1.82) is 0 Å². The molecule has 28 heavy (non-hydrogen) atoms. The van der Waals surface area contributed by atoms with E-state index in [1.54, 1.807) is 4.68 Å². The van der Waals surface area contributed by atoms with E-state index in [0.717, 1.165) is 29.3 Å². The highest BCUT2D eigenvalue weighted by molar-refractivity contribution is 7.91. The first-order valence-electron chi connectivity index (χ1n) is 8.41. The Balaban J connectivity index is 1.96. The molecule has 0 aliphatic heterocycles. The van der Waals surface area contributed by atoms with Gasteiger partial charge in [0.15, 0.2) is 19.7 Å². The first-order chi connectivity index (χ1) is 13.1. The van der Waals surface area contributed by atoms with Crippen LogP contribution in [-0.2, 0) is 33.3 Å². The molecule has 0 aliphatic rings. The van der Waals surface area contributed by atoms with Crippen LogP contribution in [0.25, 0.3) is 11.3 Å². The highest BCUT2D eigenvalue weighted by Crippen LogP contribution is 2.27. The molecule has 0 aliphatic carbocycles. The molecule has 3 aromatic rings. The fourth-order valence-electron chi connectivity index (χ4n) is 2.88. The molecule has 0 bridgehead atoms. The van der Waals surface area contributed by atoms with E-state index >= 15 is 0 Å². The number of benzene rings is 2. The lowest BCUT2D eigenvalue weighted by atomic mass is 10.1. The first-order valence-corrected chi connectivity index (χ1v) is 12.2. The number of aryl methyl sites for hydroxylation is 1. The van der Waals surface area contributed by atoms with Crippen molar-refractivity contribution in [1.82, 2.24) is 9.78 Å². The number of sulfone groups is 2. The summed E-state index contributed by atoms with van der Waals surface area (Å²) in [6.07, 6.45) is 3.96. The number of anilines is 1. The molecular weight excluding hydrogens is 398 g/mol. The van der Waals surface area contributed by atoms with E-state index in [0.29, 0.717) is 12.2 Å². The minimum atomic E-state index is -3.63. The lowest BCUT2D eigenvalue weighted by Gasteiger charge is -2.12. The van der Waals surface area contributed by atoms with Crippen LogP contribution >= 0.6 is 0 Å². The van der Waals surface area contributed by atoms with Gasteiger partial charge >= 0.3 is 0 Å². The van der Waals surface area contributed by atoms with Crippen molar-refractivity contribution in [2.75, 3.05) is 17.8 Å². The largest absolute Gasteiger partial charge is 0.380 e. The standard InChI is InChI=1S/C19H21N3O4S2/c1-22-13-15(19(21-22)14-7-5-4-6-8-14)12-20-17-10-9-16(27(2,23)24)11-18(17)28(3,25)26/h4-11,13,20H,12H2,1-3H3. The molecule has 0 saturated carbocycles. The summed E-state index contributed by atoms with van der Waals surface area (Å²) in [6, 6.07) is 13.7. The van der Waals surface area contributed by atoms with Gasteiger partial charge in [-0.25, -0.2) is 16.8 Å². The average molecular weight is 420 g/mol. The SMILES string of the molecule is Cn1cc(CNc2ccc(S(C)(=O)=O)cc2S(C)(=O)=O)c(-c2ccccc2)n1. The van der Waals surface area contributed by atoms with Gasteiger partial charge in [0, 0.05) is 43.4 Å². The van der Waals surface area contributed by atoms with Gasteiger partial charge in [-0.2, -0.15) is 5.10 Å². The van der Waals surface area contributed by atoms with Crippen molar-refractivity contribution >= 4 is 25.4 Å². The van der Waals surface area contributed by atoms with Gasteiger partial charge < -0.3 is 5.32 Å². The number of aromatic nitrogens is 2. The Morgan fingerprint density at radius 2 is 1.64 bits per heavy atom. The Morgan fingerprint density at radius 3 is 2.25 bits per heavy atom. The lowest BCUT2D eigenvalue weighted by Crippen LogP contribution is -2.08. The molecule has 7 nitrogen and oxygen atoms in total. The van der Waals surface area contributed by atoms with E-state index in [4.69, 9.17) is 0 Å². The summed E-state index contributed by atoms with van der Waals surface area (Å²) in [6.45, 7) is 0.332. The normalized spacial score (nSPS) is 12.1. The highest BCUT2D eigenvalue weighted by atomic mass is 32.2. The van der Waals surface area contributed by atoms with Crippen molar-refractivity contribution in [3.63, 3.8) is 0 Å². The lowest BCUT2D eigenvalue weighted by molar-refractivity contribution is 0.600. The number of hydrogen-bond acceptors (Lipinski definition) is 6. The monoisotopic (exact) mass is 419 g/mol. The maximum absolute atomic E-state index is 12.2. The summed E-state index contributed by atoms with van der Waals surface area (Å²) in [5, 5.41) is 7.60. The second-order valence-corrected chi connectivity index (χ2v) is 10.6. The van der Waals surface area contributed by atoms with Gasteiger partial charge in [0.2, 0.25) is 0 Å². The molecule has 0 amide bonds. The van der Waals surface area contributed by atoms with Crippen molar-refractivity contribution in [3.05, 3.63) is 60.3 Å². The minimum Gasteiger partial charge on any atom is -0.380 e. The molecule has 1 aromatic heterocycles. The molecule has 0 unspecified atom stereocenters. The van der Waals surface area contributed by atoms with Gasteiger partial charge in [-0.1, -0.05) is 30.3 Å². The topological polar surface area (TPSA) is 98.1 Å². The fourth-order valence-corrected chi connectivity index (χ4v) is 4.49. The smallest absolute Gasteiger partial charge is 0.177 e. The Kier molecular flexibility index (Phi) is 5.31. The third kappa shape index (κ3) is 4.42. The molecular formula is C19H21N3O4S2. The van der Waals surface area contributed by atoms with Crippen LogP contribution in [0.2, 0.25) is 0 Å². The molecule has 3 rings (SSSR count). The maximum Gasteiger partial charge on any atom is 0.177 e. The Hall–Kier alpha value is -2.65. The quantitative estimate of drug-likeness (QED) is 0.659. The number of hydrogen-bond donors (Lipinski definition) is 1. The molecule has 148 valence electrons. The maximum atomic E-state index is 12.2. The Labute approximate surface area is 164 Å². The third-order valence-corrected chi connectivity index (χ3v) is 6.45. The van der Waals surface area contributed by atoms with Crippen LogP contribution in [0.4, 0.5) is 5.69 Å². The van der Waals surface area contributed by atoms with Crippen LogP contribution in [0.15, 0.2) is 64.5 Å². The van der Waals surface area contributed by atoms with Crippen molar-refractivity contribution in [2.45, 2.75) is 16.3 Å². The summed E-state index contributed by atoms with van der Waals surface area (Å²) < 4.78 is 49.6. The van der Waals surface area contributed by atoms with Crippen LogP contribution in [0, 0.1) is 0 Å². The predicted molar refractivity (Wildman–Crippen MR) is 109 cm³/mol. The van der Waals surface area contributed by atoms with E-state index < -0.39 is 19.7 Å². The van der Waals surface area contributed by atoms with Crippen LogP contribution in [0.3, 0.4) is 0 Å². The summed E-state index contributed by atoms with van der Waals surface area (Å²) in [4.78, 5) is -0.0922. The molecule has 0 spiro atoms. The van der Waals surface area contributed by atoms with Gasteiger partial charge in [-0.05, 0) is 18.2 Å². The Morgan fingerprint density at radius 1 is 0.964 bits per heavy atom. The number of rotatable bonds is 6. The van der Waals surface area contributed by atoms with E-state index in [1.165, 1.54) is 18.2 Å². The molecule has 0 atom stereocenters. The van der Waals surface area contributed by atoms with Gasteiger partial charge in [0.1, 0.15) is 0 Å². The molecule has 1 heterocycles. The zero-order valence-corrected chi connectivity index (χ0v) is 17.4. The number of nitrogens with zero attached hydrogens (tertiary/aromatic N) is 2. The van der Waals surface area contributed by atoms with Gasteiger partial charge in [0.05, 0.1) is 21.2 Å². The average Bonchev–Trinajstić information content (AvgIpc) is 2.99. The summed E-state index contributed by atoms with van der Waals surface area (Å²) in [5.41, 5.74) is 2.98. The second kappa shape index (κ2) is 7.40. The van der Waals surface area contributed by atoms with Crippen molar-refractivity contribution < 1.29 is 16.8 Å². The van der Waals surface area contributed by atoms with E-state index in [-0.39, 0.29) is 9.79 Å². The highest BCUT2D eigenvalue weighted by Gasteiger charge is 2.18. The van der Waals surface area contributed by atoms with Crippen LogP contribution in [-0.4, -0.2) is 39.1 Å². The minimum absolute atomic E-state index is 0.0372. The molecule has 9 heteroatoms. The zero-order chi connectivity index (χ0) is 20.5. The van der Waals surface area contributed by atoms with E-state index in [9.17, 15) is 16.8 Å². The fraction of sp³-hybridized carbons (Fsp3) is 0.211. The summed E-state index contributed by atoms with van der Waals surface area (Å²) >= 11 is 0. The van der Waals surface area contributed by atoms with E-state index in [2.05, 4.69) is 10.4 Å². The zero-order valence-electron chi connectivity index (χ0n) is 15.7. The first kappa shape index (κ1) is 20.1. The molecule has 0 saturated heterocycles. The van der Waals surface area contributed by atoms with Gasteiger partial charge in [-0.15, -0.1) is 0 Å². The second-order valence-electron chi connectivity index (χ2n) is 6.60.